The topological polar surface area (TPSA) is 95.7 Å². The van der Waals surface area contributed by atoms with Crippen LogP contribution in [0, 0.1) is 0 Å². The Morgan fingerprint density at radius 3 is 2.50 bits per heavy atom. The van der Waals surface area contributed by atoms with Gasteiger partial charge < -0.3 is 25.3 Å². The number of alkyl halides is 3. The molecule has 0 spiro atoms. The number of hydrogen-bond acceptors (Lipinski definition) is 7. The summed E-state index contributed by atoms with van der Waals surface area (Å²) in [5.74, 6) is 0.0975. The molecule has 2 aromatic carbocycles. The van der Waals surface area contributed by atoms with E-state index >= 15 is 0 Å². The maximum atomic E-state index is 12.9. The van der Waals surface area contributed by atoms with Crippen LogP contribution >= 0.6 is 11.3 Å². The summed E-state index contributed by atoms with van der Waals surface area (Å²) in [6.07, 6.45) is -4.81. The molecule has 2 heterocycles. The number of hydrogen-bond donors (Lipinski definition) is 2. The monoisotopic (exact) mass is 463 g/mol. The highest BCUT2D eigenvalue weighted by atomic mass is 32.1. The Balaban J connectivity index is 1.71. The van der Waals surface area contributed by atoms with E-state index < -0.39 is 12.3 Å². The van der Waals surface area contributed by atoms with Crippen molar-refractivity contribution in [3.05, 3.63) is 47.3 Å². The van der Waals surface area contributed by atoms with Crippen molar-refractivity contribution in [3.8, 4) is 17.2 Å². The first-order chi connectivity index (χ1) is 15.2. The van der Waals surface area contributed by atoms with Crippen molar-refractivity contribution < 1.29 is 32.2 Å². The molecular weight excluding hydrogens is 447 g/mol. The summed E-state index contributed by atoms with van der Waals surface area (Å²) < 4.78 is 51.9. The van der Waals surface area contributed by atoms with E-state index in [0.717, 1.165) is 11.3 Å². The summed E-state index contributed by atoms with van der Waals surface area (Å²) in [6.45, 7) is 0. The molecule has 0 atom stereocenters. The van der Waals surface area contributed by atoms with Crippen LogP contribution in [-0.4, -0.2) is 31.5 Å². The molecule has 0 fully saturated rings. The van der Waals surface area contributed by atoms with Crippen molar-refractivity contribution in [3.63, 3.8) is 0 Å². The Hall–Kier alpha value is -3.73. The van der Waals surface area contributed by atoms with E-state index in [4.69, 9.17) is 15.2 Å². The number of amides is 1. The van der Waals surface area contributed by atoms with Gasteiger partial charge in [-0.1, -0.05) is 0 Å². The van der Waals surface area contributed by atoms with Crippen LogP contribution in [0.25, 0.3) is 21.1 Å². The molecule has 3 N–H and O–H groups in total. The number of aromatic nitrogens is 1. The molecule has 0 bridgehead atoms. The number of carbonyl (C=O) groups is 1. The molecule has 0 aliphatic heterocycles. The molecule has 166 valence electrons. The van der Waals surface area contributed by atoms with Gasteiger partial charge in [0.15, 0.2) is 0 Å². The van der Waals surface area contributed by atoms with Crippen LogP contribution in [0.15, 0.2) is 42.5 Å². The summed E-state index contributed by atoms with van der Waals surface area (Å²) in [7, 11) is 2.97. The molecule has 0 radical (unpaired) electrons. The van der Waals surface area contributed by atoms with Crippen molar-refractivity contribution in [2.24, 2.45) is 0 Å². The molecule has 1 amide bonds. The highest BCUT2D eigenvalue weighted by Gasteiger charge is 2.31. The fourth-order valence-electron chi connectivity index (χ4n) is 3.14. The van der Waals surface area contributed by atoms with Crippen LogP contribution in [0.3, 0.4) is 0 Å². The van der Waals surface area contributed by atoms with Crippen LogP contribution in [-0.2, 0) is 0 Å². The van der Waals surface area contributed by atoms with E-state index in [9.17, 15) is 18.0 Å². The molecule has 0 saturated heterocycles. The lowest BCUT2D eigenvalue weighted by atomic mass is 10.1. The number of nitrogens with zero attached hydrogens (tertiary/aromatic N) is 1. The first kappa shape index (κ1) is 21.5. The number of thiophene rings is 1. The quantitative estimate of drug-likeness (QED) is 0.422. The molecule has 0 aliphatic rings. The fraction of sp³-hybridized carbons (Fsp3) is 0.143. The van der Waals surface area contributed by atoms with Crippen LogP contribution in [0.4, 0.5) is 24.5 Å². The van der Waals surface area contributed by atoms with Crippen molar-refractivity contribution in [2.75, 3.05) is 25.3 Å². The molecule has 0 aliphatic carbocycles. The summed E-state index contributed by atoms with van der Waals surface area (Å²) in [6, 6.07) is 10.3. The number of nitrogen functional groups attached to an aromatic ring is 1. The van der Waals surface area contributed by atoms with Gasteiger partial charge in [-0.15, -0.1) is 24.5 Å². The second-order valence-corrected chi connectivity index (χ2v) is 7.61. The zero-order valence-corrected chi connectivity index (χ0v) is 17.6. The van der Waals surface area contributed by atoms with Gasteiger partial charge in [0.05, 0.1) is 31.1 Å². The SMILES string of the molecule is COc1ccc(OC)c(NC(=O)c2sc3nc4ccc(OC(F)(F)F)cc4cc3c2N)c1. The number of rotatable bonds is 5. The number of carbonyl (C=O) groups excluding carboxylic acids is 1. The highest BCUT2D eigenvalue weighted by Crippen LogP contribution is 2.37. The summed E-state index contributed by atoms with van der Waals surface area (Å²) in [4.78, 5) is 18.0. The molecule has 2 aromatic heterocycles. The Kier molecular flexibility index (Phi) is 5.43. The van der Waals surface area contributed by atoms with Crippen molar-refractivity contribution in [1.29, 1.82) is 0 Å². The number of nitrogens with two attached hydrogens (primary N) is 1. The number of methoxy groups -OCH3 is 2. The van der Waals surface area contributed by atoms with Gasteiger partial charge >= 0.3 is 6.36 Å². The zero-order chi connectivity index (χ0) is 23.0. The first-order valence-corrected chi connectivity index (χ1v) is 9.92. The third kappa shape index (κ3) is 4.19. The zero-order valence-electron chi connectivity index (χ0n) is 16.7. The van der Waals surface area contributed by atoms with Gasteiger partial charge in [0, 0.05) is 16.8 Å². The molecular formula is C21H16F3N3O4S. The molecule has 4 rings (SSSR count). The van der Waals surface area contributed by atoms with E-state index in [-0.39, 0.29) is 16.3 Å². The summed E-state index contributed by atoms with van der Waals surface area (Å²) >= 11 is 1.07. The van der Waals surface area contributed by atoms with E-state index in [1.807, 2.05) is 0 Å². The average molecular weight is 463 g/mol. The first-order valence-electron chi connectivity index (χ1n) is 9.10. The number of fused-ring (bicyclic) bond motifs is 2. The van der Waals surface area contributed by atoms with E-state index in [1.165, 1.54) is 32.4 Å². The number of anilines is 2. The third-order valence-electron chi connectivity index (χ3n) is 4.58. The Morgan fingerprint density at radius 2 is 1.81 bits per heavy atom. The van der Waals surface area contributed by atoms with Crippen LogP contribution in [0.1, 0.15) is 9.67 Å². The van der Waals surface area contributed by atoms with Crippen molar-refractivity contribution in [2.45, 2.75) is 6.36 Å². The minimum atomic E-state index is -4.81. The van der Waals surface area contributed by atoms with Crippen molar-refractivity contribution in [1.82, 2.24) is 4.98 Å². The highest BCUT2D eigenvalue weighted by molar-refractivity contribution is 7.21. The maximum Gasteiger partial charge on any atom is 0.573 e. The number of halogens is 3. The van der Waals surface area contributed by atoms with Crippen LogP contribution in [0.2, 0.25) is 0 Å². The fourth-order valence-corrected chi connectivity index (χ4v) is 4.12. The average Bonchev–Trinajstić information content (AvgIpc) is 3.06. The van der Waals surface area contributed by atoms with E-state index in [0.29, 0.717) is 38.3 Å². The lowest BCUT2D eigenvalue weighted by Crippen LogP contribution is -2.17. The number of ether oxygens (including phenoxy) is 3. The van der Waals surface area contributed by atoms with E-state index in [2.05, 4.69) is 15.0 Å². The Bertz CT molecular complexity index is 1340. The van der Waals surface area contributed by atoms with E-state index in [1.54, 1.807) is 24.3 Å². The normalized spacial score (nSPS) is 11.5. The van der Waals surface area contributed by atoms with Gasteiger partial charge in [-0.3, -0.25) is 4.79 Å². The lowest BCUT2D eigenvalue weighted by molar-refractivity contribution is -0.274. The molecule has 7 nitrogen and oxygen atoms in total. The van der Waals surface area contributed by atoms with Gasteiger partial charge in [-0.25, -0.2) is 4.98 Å². The largest absolute Gasteiger partial charge is 0.573 e. The van der Waals surface area contributed by atoms with Gasteiger partial charge in [-0.05, 0) is 36.4 Å². The molecule has 4 aromatic rings. The van der Waals surface area contributed by atoms with Crippen LogP contribution < -0.4 is 25.3 Å². The summed E-state index contributed by atoms with van der Waals surface area (Å²) in [5, 5.41) is 3.59. The second-order valence-electron chi connectivity index (χ2n) is 6.61. The van der Waals surface area contributed by atoms with Gasteiger partial charge in [0.25, 0.3) is 5.91 Å². The predicted molar refractivity (Wildman–Crippen MR) is 116 cm³/mol. The van der Waals surface area contributed by atoms with Crippen molar-refractivity contribution >= 4 is 49.7 Å². The Morgan fingerprint density at radius 1 is 1.06 bits per heavy atom. The molecule has 32 heavy (non-hydrogen) atoms. The van der Waals surface area contributed by atoms with Gasteiger partial charge in [0.1, 0.15) is 27.0 Å². The number of benzene rings is 2. The second kappa shape index (κ2) is 8.08. The number of pyridine rings is 1. The third-order valence-corrected chi connectivity index (χ3v) is 5.69. The minimum absolute atomic E-state index is 0.168. The molecule has 11 heteroatoms. The van der Waals surface area contributed by atoms with Gasteiger partial charge in [0.2, 0.25) is 0 Å². The Labute approximate surface area is 183 Å². The predicted octanol–water partition coefficient (Wildman–Crippen LogP) is 5.20. The number of nitrogens with one attached hydrogen (secondary N) is 1. The lowest BCUT2D eigenvalue weighted by Gasteiger charge is -2.11. The summed E-state index contributed by atoms with van der Waals surface area (Å²) in [5.41, 5.74) is 7.19. The van der Waals surface area contributed by atoms with Crippen LogP contribution in [0.5, 0.6) is 17.2 Å². The molecule has 0 unspecified atom stereocenters. The smallest absolute Gasteiger partial charge is 0.497 e. The molecule has 0 saturated carbocycles. The standard InChI is InChI=1S/C21H16F3N3O4S/c1-29-11-4-6-16(30-2)15(9-11)26-19(28)18-17(25)13-8-10-7-12(31-21(22,23)24)3-5-14(10)27-20(13)32-18/h3-9H,25H2,1-2H3,(H,26,28). The maximum absolute atomic E-state index is 12.9. The van der Waals surface area contributed by atoms with Gasteiger partial charge in [-0.2, -0.15) is 0 Å². The minimum Gasteiger partial charge on any atom is -0.497 e.